The number of Topliss-reactive ketones (excluding diaryl/α,β-unsaturated/α-hetero) is 1. The van der Waals surface area contributed by atoms with E-state index in [0.717, 1.165) is 6.07 Å². The molecule has 1 heterocycles. The van der Waals surface area contributed by atoms with Crippen LogP contribution in [0.15, 0.2) is 24.5 Å². The van der Waals surface area contributed by atoms with Crippen molar-refractivity contribution in [2.75, 3.05) is 0 Å². The maximum atomic E-state index is 13.2. The van der Waals surface area contributed by atoms with Crippen molar-refractivity contribution < 1.29 is 13.6 Å². The Morgan fingerprint density at radius 3 is 2.88 bits per heavy atom. The first-order valence-corrected chi connectivity index (χ1v) is 4.50. The minimum atomic E-state index is -1.00. The van der Waals surface area contributed by atoms with E-state index < -0.39 is 17.4 Å². The quantitative estimate of drug-likeness (QED) is 0.802. The molecule has 1 aromatic heterocycles. The second-order valence-electron chi connectivity index (χ2n) is 3.15. The minimum Gasteiger partial charge on any atom is -0.290 e. The highest BCUT2D eigenvalue weighted by atomic mass is 19.2. The Balaban J connectivity index is 2.22. The first-order chi connectivity index (χ1) is 7.68. The lowest BCUT2D eigenvalue weighted by Gasteiger charge is -2.01. The van der Waals surface area contributed by atoms with Crippen molar-refractivity contribution in [1.29, 1.82) is 0 Å². The van der Waals surface area contributed by atoms with Crippen molar-refractivity contribution in [3.8, 4) is 0 Å². The molecule has 0 bridgehead atoms. The highest BCUT2D eigenvalue weighted by molar-refractivity contribution is 5.93. The Bertz CT molecular complexity index is 511. The van der Waals surface area contributed by atoms with Gasteiger partial charge in [-0.1, -0.05) is 12.1 Å². The Labute approximate surface area is 89.3 Å². The summed E-state index contributed by atoms with van der Waals surface area (Å²) in [5, 5.41) is 5.86. The molecular weight excluding hydrogens is 216 g/mol. The highest BCUT2D eigenvalue weighted by Gasteiger charge is 2.14. The summed E-state index contributed by atoms with van der Waals surface area (Å²) in [6.07, 6.45) is 0.925. The van der Waals surface area contributed by atoms with Gasteiger partial charge in [-0.05, 0) is 11.6 Å². The van der Waals surface area contributed by atoms with Crippen LogP contribution in [-0.4, -0.2) is 21.0 Å². The van der Waals surface area contributed by atoms with E-state index in [2.05, 4.69) is 15.2 Å². The van der Waals surface area contributed by atoms with Gasteiger partial charge in [0.05, 0.1) is 0 Å². The number of aromatic nitrogens is 3. The number of carbonyl (C=O) groups excluding carboxylic acids is 1. The second kappa shape index (κ2) is 4.18. The van der Waals surface area contributed by atoms with E-state index in [1.54, 1.807) is 0 Å². The normalized spacial score (nSPS) is 10.4. The lowest BCUT2D eigenvalue weighted by molar-refractivity contribution is 0.0982. The average molecular weight is 223 g/mol. The van der Waals surface area contributed by atoms with Crippen molar-refractivity contribution in [2.45, 2.75) is 6.42 Å². The molecule has 82 valence electrons. The van der Waals surface area contributed by atoms with Crippen LogP contribution in [-0.2, 0) is 6.42 Å². The number of hydrogen-bond donors (Lipinski definition) is 1. The first kappa shape index (κ1) is 10.4. The topological polar surface area (TPSA) is 58.6 Å². The summed E-state index contributed by atoms with van der Waals surface area (Å²) >= 11 is 0. The molecule has 16 heavy (non-hydrogen) atoms. The average Bonchev–Trinajstić information content (AvgIpc) is 2.78. The molecule has 0 amide bonds. The molecule has 0 unspecified atom stereocenters. The van der Waals surface area contributed by atoms with Crippen LogP contribution in [0.25, 0.3) is 0 Å². The summed E-state index contributed by atoms with van der Waals surface area (Å²) in [5.41, 5.74) is 0.00130. The van der Waals surface area contributed by atoms with Gasteiger partial charge in [0.2, 0.25) is 5.78 Å². The monoisotopic (exact) mass is 223 g/mol. The van der Waals surface area contributed by atoms with E-state index in [9.17, 15) is 13.6 Å². The summed E-state index contributed by atoms with van der Waals surface area (Å²) in [4.78, 5) is 15.1. The maximum Gasteiger partial charge on any atom is 0.204 e. The fourth-order valence-corrected chi connectivity index (χ4v) is 1.28. The molecule has 2 rings (SSSR count). The third kappa shape index (κ3) is 1.95. The summed E-state index contributed by atoms with van der Waals surface area (Å²) in [6, 6.07) is 3.70. The molecule has 4 nitrogen and oxygen atoms in total. The molecule has 1 aromatic carbocycles. The number of ketones is 1. The highest BCUT2D eigenvalue weighted by Crippen LogP contribution is 2.13. The maximum absolute atomic E-state index is 13.2. The van der Waals surface area contributed by atoms with E-state index >= 15 is 0 Å². The third-order valence-corrected chi connectivity index (χ3v) is 2.06. The van der Waals surface area contributed by atoms with Gasteiger partial charge in [0.25, 0.3) is 0 Å². The number of nitrogens with zero attached hydrogens (tertiary/aromatic N) is 2. The number of halogens is 2. The van der Waals surface area contributed by atoms with E-state index in [0.29, 0.717) is 0 Å². The standard InChI is InChI=1S/C10H7F2N3O/c11-7-3-1-2-6(9(7)12)4-8(16)10-13-5-14-15-10/h1-3,5H,4H2,(H,13,14,15). The summed E-state index contributed by atoms with van der Waals surface area (Å²) in [5.74, 6) is -2.39. The van der Waals surface area contributed by atoms with Crippen LogP contribution in [0.4, 0.5) is 8.78 Å². The van der Waals surface area contributed by atoms with E-state index in [-0.39, 0.29) is 17.8 Å². The Kier molecular flexibility index (Phi) is 2.72. The van der Waals surface area contributed by atoms with Gasteiger partial charge >= 0.3 is 0 Å². The summed E-state index contributed by atoms with van der Waals surface area (Å²) in [6.45, 7) is 0. The van der Waals surface area contributed by atoms with Crippen LogP contribution < -0.4 is 0 Å². The zero-order chi connectivity index (χ0) is 11.5. The van der Waals surface area contributed by atoms with Gasteiger partial charge in [-0.2, -0.15) is 5.10 Å². The van der Waals surface area contributed by atoms with Crippen LogP contribution in [0.2, 0.25) is 0 Å². The van der Waals surface area contributed by atoms with Gasteiger partial charge in [0, 0.05) is 6.42 Å². The molecule has 1 N–H and O–H groups in total. The molecule has 6 heteroatoms. The molecule has 0 saturated heterocycles. The van der Waals surface area contributed by atoms with E-state index in [1.165, 1.54) is 18.5 Å². The van der Waals surface area contributed by atoms with Gasteiger partial charge < -0.3 is 0 Å². The fraction of sp³-hybridized carbons (Fsp3) is 0.100. The van der Waals surface area contributed by atoms with E-state index in [4.69, 9.17) is 0 Å². The number of hydrogen-bond acceptors (Lipinski definition) is 3. The van der Waals surface area contributed by atoms with Crippen molar-refractivity contribution in [3.63, 3.8) is 0 Å². The molecule has 0 fully saturated rings. The first-order valence-electron chi connectivity index (χ1n) is 4.50. The number of nitrogens with one attached hydrogen (secondary N) is 1. The zero-order valence-electron chi connectivity index (χ0n) is 8.08. The third-order valence-electron chi connectivity index (χ3n) is 2.06. The van der Waals surface area contributed by atoms with Gasteiger partial charge in [0.15, 0.2) is 17.5 Å². The minimum absolute atomic E-state index is 0.00130. The number of aromatic amines is 1. The predicted molar refractivity (Wildman–Crippen MR) is 50.8 cm³/mol. The number of carbonyl (C=O) groups is 1. The van der Waals surface area contributed by atoms with Crippen molar-refractivity contribution in [2.24, 2.45) is 0 Å². The van der Waals surface area contributed by atoms with Crippen LogP contribution in [0, 0.1) is 11.6 Å². The van der Waals surface area contributed by atoms with Gasteiger partial charge in [-0.25, -0.2) is 13.8 Å². The smallest absolute Gasteiger partial charge is 0.204 e. The molecule has 0 aliphatic carbocycles. The second-order valence-corrected chi connectivity index (χ2v) is 3.15. The molecule has 0 saturated carbocycles. The Morgan fingerprint density at radius 1 is 1.38 bits per heavy atom. The van der Waals surface area contributed by atoms with Crippen LogP contribution in [0.5, 0.6) is 0 Å². The molecule has 0 aliphatic heterocycles. The van der Waals surface area contributed by atoms with E-state index in [1.807, 2.05) is 0 Å². The van der Waals surface area contributed by atoms with Crippen molar-refractivity contribution in [1.82, 2.24) is 15.2 Å². The molecule has 0 atom stereocenters. The Hall–Kier alpha value is -2.11. The predicted octanol–water partition coefficient (Wildman–Crippen LogP) is 1.51. The number of rotatable bonds is 3. The zero-order valence-corrected chi connectivity index (χ0v) is 8.08. The lowest BCUT2D eigenvalue weighted by atomic mass is 10.1. The molecule has 2 aromatic rings. The van der Waals surface area contributed by atoms with Crippen molar-refractivity contribution in [3.05, 3.63) is 47.5 Å². The van der Waals surface area contributed by atoms with Crippen molar-refractivity contribution >= 4 is 5.78 Å². The van der Waals surface area contributed by atoms with Crippen LogP contribution in [0.3, 0.4) is 0 Å². The Morgan fingerprint density at radius 2 is 2.19 bits per heavy atom. The van der Waals surface area contributed by atoms with Crippen LogP contribution >= 0.6 is 0 Å². The SMILES string of the molecule is O=C(Cc1cccc(F)c1F)c1ncn[nH]1. The van der Waals surface area contributed by atoms with Gasteiger partial charge in [0.1, 0.15) is 6.33 Å². The van der Waals surface area contributed by atoms with Gasteiger partial charge in [-0.3, -0.25) is 9.89 Å². The summed E-state index contributed by atoms with van der Waals surface area (Å²) in [7, 11) is 0. The number of benzene rings is 1. The largest absolute Gasteiger partial charge is 0.290 e. The molecular formula is C10H7F2N3O. The van der Waals surface area contributed by atoms with Gasteiger partial charge in [-0.15, -0.1) is 0 Å². The fourth-order valence-electron chi connectivity index (χ4n) is 1.28. The van der Waals surface area contributed by atoms with Crippen LogP contribution in [0.1, 0.15) is 16.2 Å². The molecule has 0 radical (unpaired) electrons. The lowest BCUT2D eigenvalue weighted by Crippen LogP contribution is -2.08. The molecule has 0 aliphatic rings. The molecule has 0 spiro atoms. The summed E-state index contributed by atoms with van der Waals surface area (Å²) < 4.78 is 26.1. The number of H-pyrrole nitrogens is 1.